The number of hydrogen-bond donors (Lipinski definition) is 0. The summed E-state index contributed by atoms with van der Waals surface area (Å²) in [5.74, 6) is -1.64. The van der Waals surface area contributed by atoms with E-state index in [1.807, 2.05) is 60.7 Å². The molecule has 0 amide bonds. The van der Waals surface area contributed by atoms with Crippen LogP contribution in [0.5, 0.6) is 0 Å². The lowest BCUT2D eigenvalue weighted by Gasteiger charge is -2.25. The Balaban J connectivity index is 2.47. The van der Waals surface area contributed by atoms with Crippen molar-refractivity contribution in [3.8, 4) is 0 Å². The van der Waals surface area contributed by atoms with Gasteiger partial charge in [0.15, 0.2) is 0 Å². The van der Waals surface area contributed by atoms with Gasteiger partial charge in [0.2, 0.25) is 0 Å². The minimum atomic E-state index is -0.567. The molecule has 0 saturated carbocycles. The van der Waals surface area contributed by atoms with Crippen molar-refractivity contribution in [2.45, 2.75) is 18.3 Å². The molecule has 0 aliphatic rings. The van der Waals surface area contributed by atoms with Gasteiger partial charge in [-0.25, -0.2) is 0 Å². The molecule has 0 aromatic heterocycles. The van der Waals surface area contributed by atoms with Crippen LogP contribution in [0.15, 0.2) is 60.7 Å². The maximum atomic E-state index is 12.4. The molecule has 0 spiro atoms. The van der Waals surface area contributed by atoms with Crippen LogP contribution in [0, 0.1) is 0 Å². The van der Waals surface area contributed by atoms with Gasteiger partial charge in [-0.1, -0.05) is 60.7 Å². The third-order valence-corrected chi connectivity index (χ3v) is 3.86. The summed E-state index contributed by atoms with van der Waals surface area (Å²) in [5.41, 5.74) is 1.72. The molecule has 0 radical (unpaired) electrons. The smallest absolute Gasteiger partial charge is 0.313 e. The van der Waals surface area contributed by atoms with Crippen LogP contribution in [0.2, 0.25) is 0 Å². The molecule has 0 heterocycles. The molecule has 0 aliphatic carbocycles. The maximum absolute atomic E-state index is 12.4. The van der Waals surface area contributed by atoms with Gasteiger partial charge in [-0.3, -0.25) is 9.59 Å². The van der Waals surface area contributed by atoms with Crippen molar-refractivity contribution < 1.29 is 19.1 Å². The van der Waals surface area contributed by atoms with Crippen LogP contribution in [-0.2, 0) is 19.1 Å². The number of benzene rings is 2. The molecule has 4 nitrogen and oxygen atoms in total. The van der Waals surface area contributed by atoms with E-state index in [0.717, 1.165) is 11.1 Å². The Morgan fingerprint density at radius 2 is 1.35 bits per heavy atom. The number of carbonyl (C=O) groups is 2. The highest BCUT2D eigenvalue weighted by Gasteiger charge is 2.33. The Morgan fingerprint density at radius 1 is 0.826 bits per heavy atom. The standard InChI is InChI=1S/C19H20O4/c1-22-17(20)13-16(14-9-5-3-6-10-14)18(19(21)23-2)15-11-7-4-8-12-15/h3-12,16,18H,13H2,1-2H3/t16-,18-/m0/s1. The molecule has 0 saturated heterocycles. The molecule has 0 N–H and O–H groups in total. The van der Waals surface area contributed by atoms with Gasteiger partial charge in [0, 0.05) is 5.92 Å². The highest BCUT2D eigenvalue weighted by Crippen LogP contribution is 2.36. The quantitative estimate of drug-likeness (QED) is 0.768. The van der Waals surface area contributed by atoms with E-state index in [2.05, 4.69) is 0 Å². The van der Waals surface area contributed by atoms with Gasteiger partial charge in [-0.15, -0.1) is 0 Å². The highest BCUT2D eigenvalue weighted by atomic mass is 16.5. The Kier molecular flexibility index (Phi) is 5.92. The summed E-state index contributed by atoms with van der Waals surface area (Å²) in [5, 5.41) is 0. The first kappa shape index (κ1) is 16.7. The summed E-state index contributed by atoms with van der Waals surface area (Å²) < 4.78 is 9.80. The van der Waals surface area contributed by atoms with Gasteiger partial charge >= 0.3 is 11.9 Å². The van der Waals surface area contributed by atoms with Gasteiger partial charge in [-0.2, -0.15) is 0 Å². The Labute approximate surface area is 136 Å². The Morgan fingerprint density at radius 3 is 1.83 bits per heavy atom. The molecule has 4 heteroatoms. The van der Waals surface area contributed by atoms with Crippen molar-refractivity contribution in [2.75, 3.05) is 14.2 Å². The summed E-state index contributed by atoms with van der Waals surface area (Å²) in [6, 6.07) is 18.8. The number of rotatable bonds is 6. The van der Waals surface area contributed by atoms with Crippen LogP contribution in [-0.4, -0.2) is 26.2 Å². The number of esters is 2. The number of hydrogen-bond acceptors (Lipinski definition) is 4. The number of carbonyl (C=O) groups excluding carboxylic acids is 2. The molecule has 23 heavy (non-hydrogen) atoms. The van der Waals surface area contributed by atoms with Gasteiger partial charge in [0.1, 0.15) is 0 Å². The third-order valence-electron chi connectivity index (χ3n) is 3.86. The molecular formula is C19H20O4. The molecule has 0 aliphatic heterocycles. The second-order valence-electron chi connectivity index (χ2n) is 5.21. The predicted octanol–water partition coefficient (Wildman–Crippen LogP) is 3.29. The van der Waals surface area contributed by atoms with E-state index in [0.29, 0.717) is 0 Å². The fraction of sp³-hybridized carbons (Fsp3) is 0.263. The summed E-state index contributed by atoms with van der Waals surface area (Å²) in [4.78, 5) is 24.3. The largest absolute Gasteiger partial charge is 0.469 e. The molecule has 2 rings (SSSR count). The molecular weight excluding hydrogens is 292 g/mol. The molecule has 2 aromatic rings. The van der Waals surface area contributed by atoms with Crippen molar-refractivity contribution >= 4 is 11.9 Å². The van der Waals surface area contributed by atoms with Crippen LogP contribution >= 0.6 is 0 Å². The van der Waals surface area contributed by atoms with Crippen LogP contribution < -0.4 is 0 Å². The second kappa shape index (κ2) is 8.13. The van der Waals surface area contributed by atoms with Crippen molar-refractivity contribution in [3.63, 3.8) is 0 Å². The third kappa shape index (κ3) is 4.19. The zero-order valence-corrected chi connectivity index (χ0v) is 13.3. The van der Waals surface area contributed by atoms with E-state index in [4.69, 9.17) is 9.47 Å². The fourth-order valence-electron chi connectivity index (χ4n) is 2.71. The van der Waals surface area contributed by atoms with E-state index in [-0.39, 0.29) is 24.3 Å². The molecule has 2 aromatic carbocycles. The van der Waals surface area contributed by atoms with E-state index < -0.39 is 5.92 Å². The SMILES string of the molecule is COC(=O)C[C@@H](c1ccccc1)[C@@H](C(=O)OC)c1ccccc1. The monoisotopic (exact) mass is 312 g/mol. The molecule has 0 fully saturated rings. The first-order chi connectivity index (χ1) is 11.2. The van der Waals surface area contributed by atoms with Gasteiger partial charge in [-0.05, 0) is 11.1 Å². The normalized spacial score (nSPS) is 13.0. The minimum Gasteiger partial charge on any atom is -0.469 e. The molecule has 0 unspecified atom stereocenters. The fourth-order valence-corrected chi connectivity index (χ4v) is 2.71. The molecule has 2 atom stereocenters. The lowest BCUT2D eigenvalue weighted by atomic mass is 9.79. The molecule has 120 valence electrons. The van der Waals surface area contributed by atoms with E-state index >= 15 is 0 Å². The lowest BCUT2D eigenvalue weighted by Crippen LogP contribution is -2.24. The van der Waals surface area contributed by atoms with Gasteiger partial charge < -0.3 is 9.47 Å². The highest BCUT2D eigenvalue weighted by molar-refractivity contribution is 5.81. The second-order valence-corrected chi connectivity index (χ2v) is 5.21. The van der Waals surface area contributed by atoms with E-state index in [1.54, 1.807) is 0 Å². The van der Waals surface area contributed by atoms with E-state index in [9.17, 15) is 9.59 Å². The van der Waals surface area contributed by atoms with Crippen molar-refractivity contribution in [1.29, 1.82) is 0 Å². The van der Waals surface area contributed by atoms with Gasteiger partial charge in [0.25, 0.3) is 0 Å². The minimum absolute atomic E-state index is 0.106. The Hall–Kier alpha value is -2.62. The van der Waals surface area contributed by atoms with Crippen LogP contribution in [0.3, 0.4) is 0 Å². The predicted molar refractivity (Wildman–Crippen MR) is 87.0 cm³/mol. The average molecular weight is 312 g/mol. The first-order valence-electron chi connectivity index (χ1n) is 7.42. The van der Waals surface area contributed by atoms with Crippen LogP contribution in [0.4, 0.5) is 0 Å². The number of methoxy groups -OCH3 is 2. The summed E-state index contributed by atoms with van der Waals surface area (Å²) in [6.07, 6.45) is 0.106. The average Bonchev–Trinajstić information content (AvgIpc) is 2.62. The maximum Gasteiger partial charge on any atom is 0.313 e. The van der Waals surface area contributed by atoms with Crippen LogP contribution in [0.25, 0.3) is 0 Å². The van der Waals surface area contributed by atoms with Gasteiger partial charge in [0.05, 0.1) is 26.6 Å². The number of ether oxygens (including phenoxy) is 2. The summed E-state index contributed by atoms with van der Waals surface area (Å²) >= 11 is 0. The van der Waals surface area contributed by atoms with Crippen LogP contribution in [0.1, 0.15) is 29.4 Å². The Bertz CT molecular complexity index is 637. The van der Waals surface area contributed by atoms with E-state index in [1.165, 1.54) is 14.2 Å². The van der Waals surface area contributed by atoms with Crippen molar-refractivity contribution in [1.82, 2.24) is 0 Å². The zero-order chi connectivity index (χ0) is 16.7. The van der Waals surface area contributed by atoms with Crippen molar-refractivity contribution in [2.24, 2.45) is 0 Å². The van der Waals surface area contributed by atoms with Crippen molar-refractivity contribution in [3.05, 3.63) is 71.8 Å². The topological polar surface area (TPSA) is 52.6 Å². The summed E-state index contributed by atoms with van der Waals surface area (Å²) in [7, 11) is 2.71. The molecule has 0 bridgehead atoms. The first-order valence-corrected chi connectivity index (χ1v) is 7.42. The lowest BCUT2D eigenvalue weighted by molar-refractivity contribution is -0.144. The summed E-state index contributed by atoms with van der Waals surface area (Å²) in [6.45, 7) is 0. The zero-order valence-electron chi connectivity index (χ0n) is 13.3.